The molecule has 1 aliphatic heterocycles. The lowest BCUT2D eigenvalue weighted by molar-refractivity contribution is -0.141. The van der Waals surface area contributed by atoms with Gasteiger partial charge in [0.1, 0.15) is 6.10 Å². The molecule has 110 valence electrons. The number of hydrogen-bond donors (Lipinski definition) is 3. The molecule has 5 nitrogen and oxygen atoms in total. The van der Waals surface area contributed by atoms with Crippen molar-refractivity contribution in [2.24, 2.45) is 11.3 Å². The minimum absolute atomic E-state index is 0.241. The van der Waals surface area contributed by atoms with Gasteiger partial charge >= 0.3 is 5.97 Å². The van der Waals surface area contributed by atoms with Crippen LogP contribution in [0.1, 0.15) is 26.7 Å². The summed E-state index contributed by atoms with van der Waals surface area (Å²) in [5.41, 5.74) is 1.10. The molecule has 0 radical (unpaired) electrons. The zero-order valence-corrected chi connectivity index (χ0v) is 11.7. The molecule has 0 bridgehead atoms. The van der Waals surface area contributed by atoms with E-state index in [0.717, 1.165) is 11.1 Å². The van der Waals surface area contributed by atoms with Crippen LogP contribution >= 0.6 is 0 Å². The molecule has 3 rings (SSSR count). The van der Waals surface area contributed by atoms with E-state index in [-0.39, 0.29) is 12.0 Å². The average Bonchev–Trinajstić information content (AvgIpc) is 2.63. The van der Waals surface area contributed by atoms with Gasteiger partial charge in [0.2, 0.25) is 0 Å². The van der Waals surface area contributed by atoms with Crippen molar-refractivity contribution in [3.63, 3.8) is 0 Å². The number of rotatable bonds is 0. The smallest absolute Gasteiger partial charge is 0.334 e. The van der Waals surface area contributed by atoms with Gasteiger partial charge in [-0.2, -0.15) is 0 Å². The van der Waals surface area contributed by atoms with Crippen molar-refractivity contribution in [1.29, 1.82) is 0 Å². The Labute approximate surface area is 117 Å². The van der Waals surface area contributed by atoms with Gasteiger partial charge in [0.05, 0.1) is 24.2 Å². The van der Waals surface area contributed by atoms with Crippen molar-refractivity contribution in [1.82, 2.24) is 0 Å². The van der Waals surface area contributed by atoms with Crippen LogP contribution in [0, 0.1) is 11.3 Å². The van der Waals surface area contributed by atoms with E-state index in [4.69, 9.17) is 4.74 Å². The molecular weight excluding hydrogens is 260 g/mol. The molecule has 2 aliphatic carbocycles. The molecule has 3 N–H and O–H groups in total. The second-order valence-electron chi connectivity index (χ2n) is 6.43. The van der Waals surface area contributed by atoms with Gasteiger partial charge < -0.3 is 20.1 Å². The third-order valence-corrected chi connectivity index (χ3v) is 5.28. The van der Waals surface area contributed by atoms with Gasteiger partial charge in [-0.05, 0) is 24.5 Å². The van der Waals surface area contributed by atoms with Crippen LogP contribution in [0.4, 0.5) is 0 Å². The summed E-state index contributed by atoms with van der Waals surface area (Å²) in [4.78, 5) is 11.8. The first-order valence-corrected chi connectivity index (χ1v) is 6.92. The van der Waals surface area contributed by atoms with Crippen molar-refractivity contribution in [3.05, 3.63) is 23.3 Å². The molecule has 2 fully saturated rings. The van der Waals surface area contributed by atoms with E-state index in [1.165, 1.54) is 0 Å². The molecule has 0 aromatic rings. The van der Waals surface area contributed by atoms with E-state index < -0.39 is 41.7 Å². The molecule has 6 unspecified atom stereocenters. The van der Waals surface area contributed by atoms with Gasteiger partial charge in [-0.1, -0.05) is 13.5 Å². The van der Waals surface area contributed by atoms with Gasteiger partial charge in [0.25, 0.3) is 0 Å². The predicted molar refractivity (Wildman–Crippen MR) is 70.6 cm³/mol. The summed E-state index contributed by atoms with van der Waals surface area (Å²) in [5, 5.41) is 30.8. The molecule has 1 heterocycles. The number of hydrogen-bond acceptors (Lipinski definition) is 5. The lowest BCUT2D eigenvalue weighted by Gasteiger charge is -2.50. The fourth-order valence-corrected chi connectivity index (χ4v) is 4.07. The van der Waals surface area contributed by atoms with Crippen LogP contribution in [0.2, 0.25) is 0 Å². The first-order valence-electron chi connectivity index (χ1n) is 6.92. The number of esters is 1. The summed E-state index contributed by atoms with van der Waals surface area (Å²) >= 11 is 0. The van der Waals surface area contributed by atoms with Crippen LogP contribution in [0.3, 0.4) is 0 Å². The maximum absolute atomic E-state index is 11.8. The van der Waals surface area contributed by atoms with Crippen LogP contribution < -0.4 is 0 Å². The summed E-state index contributed by atoms with van der Waals surface area (Å²) in [6.07, 6.45) is -2.32. The third kappa shape index (κ3) is 1.57. The maximum Gasteiger partial charge on any atom is 0.334 e. The number of ether oxygens (including phenoxy) is 1. The largest absolute Gasteiger partial charge is 0.454 e. The minimum atomic E-state index is -0.773. The van der Waals surface area contributed by atoms with Gasteiger partial charge in [-0.15, -0.1) is 0 Å². The summed E-state index contributed by atoms with van der Waals surface area (Å²) in [7, 11) is 0. The van der Waals surface area contributed by atoms with E-state index in [2.05, 4.69) is 6.58 Å². The molecule has 20 heavy (non-hydrogen) atoms. The molecule has 0 spiro atoms. The molecular formula is C15H20O5. The first kappa shape index (κ1) is 13.8. The van der Waals surface area contributed by atoms with Gasteiger partial charge in [-0.25, -0.2) is 4.79 Å². The zero-order valence-electron chi connectivity index (χ0n) is 11.7. The Kier molecular flexibility index (Phi) is 2.87. The van der Waals surface area contributed by atoms with Crippen molar-refractivity contribution in [2.75, 3.05) is 0 Å². The molecule has 0 aromatic heterocycles. The molecule has 0 aromatic carbocycles. The monoisotopic (exact) mass is 280 g/mol. The van der Waals surface area contributed by atoms with E-state index in [1.54, 1.807) is 6.92 Å². The van der Waals surface area contributed by atoms with Crippen LogP contribution in [0.25, 0.3) is 0 Å². The highest BCUT2D eigenvalue weighted by Gasteiger charge is 2.58. The van der Waals surface area contributed by atoms with Crippen molar-refractivity contribution in [3.8, 4) is 0 Å². The summed E-state index contributed by atoms with van der Waals surface area (Å²) in [6, 6.07) is 0. The quantitative estimate of drug-likeness (QED) is 0.337. The fourth-order valence-electron chi connectivity index (χ4n) is 4.07. The van der Waals surface area contributed by atoms with Crippen LogP contribution in [0.15, 0.2) is 23.3 Å². The van der Waals surface area contributed by atoms with E-state index in [9.17, 15) is 20.1 Å². The maximum atomic E-state index is 11.8. The Morgan fingerprint density at radius 1 is 1.35 bits per heavy atom. The average molecular weight is 280 g/mol. The molecule has 1 saturated heterocycles. The molecule has 0 amide bonds. The highest BCUT2D eigenvalue weighted by atomic mass is 16.6. The van der Waals surface area contributed by atoms with Crippen LogP contribution in [-0.2, 0) is 9.53 Å². The molecule has 3 aliphatic rings. The zero-order chi connectivity index (χ0) is 14.8. The van der Waals surface area contributed by atoms with Crippen LogP contribution in [0.5, 0.6) is 0 Å². The van der Waals surface area contributed by atoms with Crippen molar-refractivity contribution in [2.45, 2.75) is 51.1 Å². The lowest BCUT2D eigenvalue weighted by Crippen LogP contribution is -2.54. The lowest BCUT2D eigenvalue weighted by atomic mass is 9.57. The SMILES string of the molecule is C=C1C(=O)OC2C3=C(C)C(O)CC(O)C3(C)CC(O)C12. The van der Waals surface area contributed by atoms with Gasteiger partial charge in [0, 0.05) is 17.4 Å². The van der Waals surface area contributed by atoms with Crippen molar-refractivity contribution >= 4 is 5.97 Å². The standard InChI is InChI=1S/C15H20O5/c1-6-8(16)4-10(18)15(3)5-9(17)11-7(2)14(19)20-13(11)12(6)15/h8-11,13,16-18H,2,4-5H2,1,3H3. The number of aliphatic hydroxyl groups excluding tert-OH is 3. The third-order valence-electron chi connectivity index (χ3n) is 5.28. The van der Waals surface area contributed by atoms with E-state index in [1.807, 2.05) is 6.92 Å². The van der Waals surface area contributed by atoms with E-state index in [0.29, 0.717) is 6.42 Å². The Balaban J connectivity index is 2.15. The Hall–Kier alpha value is -1.17. The fraction of sp³-hybridized carbons (Fsp3) is 0.667. The normalized spacial score (nSPS) is 48.0. The second-order valence-corrected chi connectivity index (χ2v) is 6.43. The van der Waals surface area contributed by atoms with Gasteiger partial charge in [0.15, 0.2) is 0 Å². The summed E-state index contributed by atoms with van der Waals surface area (Å²) in [5.74, 6) is -0.976. The van der Waals surface area contributed by atoms with Crippen molar-refractivity contribution < 1.29 is 24.9 Å². The summed E-state index contributed by atoms with van der Waals surface area (Å²) < 4.78 is 5.37. The van der Waals surface area contributed by atoms with Gasteiger partial charge in [-0.3, -0.25) is 0 Å². The molecule has 1 saturated carbocycles. The highest BCUT2D eigenvalue weighted by molar-refractivity contribution is 5.91. The minimum Gasteiger partial charge on any atom is -0.454 e. The first-order chi connectivity index (χ1) is 9.27. The number of carbonyl (C=O) groups excluding carboxylic acids is 1. The Morgan fingerprint density at radius 3 is 2.65 bits per heavy atom. The number of carbonyl (C=O) groups is 1. The topological polar surface area (TPSA) is 87.0 Å². The molecule has 5 heteroatoms. The van der Waals surface area contributed by atoms with Crippen LogP contribution in [-0.4, -0.2) is 45.7 Å². The number of aliphatic hydroxyl groups is 3. The van der Waals surface area contributed by atoms with E-state index >= 15 is 0 Å². The number of fused-ring (bicyclic) bond motifs is 3. The molecule has 6 atom stereocenters. The Bertz CT molecular complexity index is 522. The predicted octanol–water partition coefficient (Wildman–Crippen LogP) is 0.297. The summed E-state index contributed by atoms with van der Waals surface area (Å²) in [6.45, 7) is 7.37. The second kappa shape index (κ2) is 4.16. The highest BCUT2D eigenvalue weighted by Crippen LogP contribution is 2.55. The Morgan fingerprint density at radius 2 is 2.00 bits per heavy atom.